The van der Waals surface area contributed by atoms with Crippen molar-refractivity contribution in [3.05, 3.63) is 65.2 Å². The Bertz CT molecular complexity index is 667. The van der Waals surface area contributed by atoms with E-state index in [4.69, 9.17) is 4.74 Å². The highest BCUT2D eigenvalue weighted by molar-refractivity contribution is 5.94. The molecule has 0 saturated heterocycles. The number of carbonyl (C=O) groups excluding carboxylic acids is 1. The minimum absolute atomic E-state index is 0.00108. The molecular formula is C20H25NO3. The Morgan fingerprint density at radius 3 is 2.58 bits per heavy atom. The van der Waals surface area contributed by atoms with Crippen molar-refractivity contribution >= 4 is 5.78 Å². The molecule has 0 saturated carbocycles. The van der Waals surface area contributed by atoms with E-state index in [1.807, 2.05) is 7.05 Å². The molecule has 0 aliphatic heterocycles. The maximum Gasteiger partial charge on any atom is 0.159 e. The van der Waals surface area contributed by atoms with Crippen molar-refractivity contribution in [2.75, 3.05) is 20.2 Å². The number of nitrogens with zero attached hydrogens (tertiary/aromatic N) is 1. The number of ketones is 1. The lowest BCUT2D eigenvalue weighted by atomic mass is 10.1. The zero-order valence-corrected chi connectivity index (χ0v) is 14.5. The molecule has 0 bridgehead atoms. The van der Waals surface area contributed by atoms with E-state index < -0.39 is 6.10 Å². The van der Waals surface area contributed by atoms with Crippen LogP contribution in [0.5, 0.6) is 5.75 Å². The topological polar surface area (TPSA) is 49.8 Å². The van der Waals surface area contributed by atoms with E-state index >= 15 is 0 Å². The van der Waals surface area contributed by atoms with E-state index in [1.54, 1.807) is 24.3 Å². The molecule has 24 heavy (non-hydrogen) atoms. The first-order chi connectivity index (χ1) is 11.4. The van der Waals surface area contributed by atoms with Gasteiger partial charge in [0.1, 0.15) is 18.5 Å². The van der Waals surface area contributed by atoms with Crippen molar-refractivity contribution in [2.45, 2.75) is 26.5 Å². The lowest BCUT2D eigenvalue weighted by molar-refractivity contribution is 0.0743. The smallest absolute Gasteiger partial charge is 0.159 e. The van der Waals surface area contributed by atoms with Crippen molar-refractivity contribution in [3.8, 4) is 5.75 Å². The third kappa shape index (κ3) is 5.80. The molecular weight excluding hydrogens is 302 g/mol. The van der Waals surface area contributed by atoms with Gasteiger partial charge in [-0.3, -0.25) is 9.69 Å². The Labute approximate surface area is 143 Å². The average molecular weight is 327 g/mol. The van der Waals surface area contributed by atoms with Gasteiger partial charge >= 0.3 is 0 Å². The molecule has 0 amide bonds. The highest BCUT2D eigenvalue weighted by Gasteiger charge is 2.10. The minimum atomic E-state index is -0.596. The van der Waals surface area contributed by atoms with Crippen molar-refractivity contribution in [2.24, 2.45) is 0 Å². The number of aliphatic hydroxyl groups excluding tert-OH is 1. The molecule has 4 nitrogen and oxygen atoms in total. The number of hydrogen-bond acceptors (Lipinski definition) is 4. The molecule has 4 heteroatoms. The quantitative estimate of drug-likeness (QED) is 0.757. The molecule has 0 aliphatic carbocycles. The predicted octanol–water partition coefficient (Wildman–Crippen LogP) is 3.07. The first-order valence-corrected chi connectivity index (χ1v) is 8.10. The van der Waals surface area contributed by atoms with Crippen molar-refractivity contribution in [1.82, 2.24) is 4.90 Å². The van der Waals surface area contributed by atoms with Gasteiger partial charge in [0.25, 0.3) is 0 Å². The zero-order chi connectivity index (χ0) is 17.5. The number of likely N-dealkylation sites (N-methyl/N-ethyl adjacent to an activating group) is 1. The number of ether oxygens (including phenoxy) is 1. The van der Waals surface area contributed by atoms with E-state index in [0.717, 1.165) is 6.54 Å². The molecule has 1 unspecified atom stereocenters. The van der Waals surface area contributed by atoms with Crippen LogP contribution in [0.2, 0.25) is 0 Å². The minimum Gasteiger partial charge on any atom is -0.491 e. The molecule has 2 aromatic rings. The van der Waals surface area contributed by atoms with Crippen LogP contribution < -0.4 is 4.74 Å². The van der Waals surface area contributed by atoms with Crippen LogP contribution in [0.4, 0.5) is 0 Å². The molecule has 1 atom stereocenters. The SMILES string of the molecule is CC(=O)c1cccc(OCC(O)CN(C)Cc2ccc(C)cc2)c1. The highest BCUT2D eigenvalue weighted by atomic mass is 16.5. The molecule has 1 N–H and O–H groups in total. The molecule has 0 radical (unpaired) electrons. The largest absolute Gasteiger partial charge is 0.491 e. The van der Waals surface area contributed by atoms with E-state index in [2.05, 4.69) is 36.1 Å². The third-order valence-electron chi connectivity index (χ3n) is 3.78. The van der Waals surface area contributed by atoms with Gasteiger partial charge in [0.2, 0.25) is 0 Å². The molecule has 0 aromatic heterocycles. The summed E-state index contributed by atoms with van der Waals surface area (Å²) in [5, 5.41) is 10.1. The number of hydrogen-bond donors (Lipinski definition) is 1. The number of benzene rings is 2. The normalized spacial score (nSPS) is 12.2. The van der Waals surface area contributed by atoms with Crippen LogP contribution in [0, 0.1) is 6.92 Å². The van der Waals surface area contributed by atoms with Crippen LogP contribution in [0.15, 0.2) is 48.5 Å². The summed E-state index contributed by atoms with van der Waals surface area (Å²) in [6.07, 6.45) is -0.596. The van der Waals surface area contributed by atoms with Gasteiger partial charge in [0.15, 0.2) is 5.78 Å². The summed E-state index contributed by atoms with van der Waals surface area (Å²) in [4.78, 5) is 13.4. The third-order valence-corrected chi connectivity index (χ3v) is 3.78. The van der Waals surface area contributed by atoms with Crippen LogP contribution in [0.1, 0.15) is 28.4 Å². The second-order valence-electron chi connectivity index (χ2n) is 6.23. The van der Waals surface area contributed by atoms with Gasteiger partial charge in [-0.25, -0.2) is 0 Å². The lowest BCUT2D eigenvalue weighted by Gasteiger charge is -2.21. The number of rotatable bonds is 8. The summed E-state index contributed by atoms with van der Waals surface area (Å²) >= 11 is 0. The van der Waals surface area contributed by atoms with Crippen molar-refractivity contribution < 1.29 is 14.6 Å². The Hall–Kier alpha value is -2.17. The summed E-state index contributed by atoms with van der Waals surface area (Å²) in [6, 6.07) is 15.4. The molecule has 0 aliphatic rings. The summed E-state index contributed by atoms with van der Waals surface area (Å²) < 4.78 is 5.60. The van der Waals surface area contributed by atoms with Gasteiger partial charge in [-0.1, -0.05) is 42.0 Å². The van der Waals surface area contributed by atoms with Gasteiger partial charge in [-0.2, -0.15) is 0 Å². The van der Waals surface area contributed by atoms with Crippen LogP contribution in [0.3, 0.4) is 0 Å². The highest BCUT2D eigenvalue weighted by Crippen LogP contribution is 2.14. The van der Waals surface area contributed by atoms with E-state index in [9.17, 15) is 9.90 Å². The fourth-order valence-corrected chi connectivity index (χ4v) is 2.48. The average Bonchev–Trinajstić information content (AvgIpc) is 2.55. The summed E-state index contributed by atoms with van der Waals surface area (Å²) in [5.41, 5.74) is 3.06. The molecule has 2 rings (SSSR count). The van der Waals surface area contributed by atoms with Crippen LogP contribution in [-0.2, 0) is 6.54 Å². The molecule has 0 spiro atoms. The first kappa shape index (κ1) is 18.2. The van der Waals surface area contributed by atoms with E-state index in [0.29, 0.717) is 17.9 Å². The Balaban J connectivity index is 1.80. The van der Waals surface area contributed by atoms with Gasteiger partial charge in [-0.05, 0) is 38.6 Å². The van der Waals surface area contributed by atoms with Crippen LogP contribution in [-0.4, -0.2) is 42.1 Å². The Morgan fingerprint density at radius 2 is 1.92 bits per heavy atom. The van der Waals surface area contributed by atoms with E-state index in [1.165, 1.54) is 18.1 Å². The fourth-order valence-electron chi connectivity index (χ4n) is 2.48. The molecule has 2 aromatic carbocycles. The standard InChI is InChI=1S/C20H25NO3/c1-15-7-9-17(10-8-15)12-21(3)13-19(23)14-24-20-6-4-5-18(11-20)16(2)22/h4-11,19,23H,12-14H2,1-3H3. The number of aryl methyl sites for hydroxylation is 1. The maximum absolute atomic E-state index is 11.4. The zero-order valence-electron chi connectivity index (χ0n) is 14.5. The summed E-state index contributed by atoms with van der Waals surface area (Å²) in [5.74, 6) is 0.599. The maximum atomic E-state index is 11.4. The van der Waals surface area contributed by atoms with E-state index in [-0.39, 0.29) is 12.4 Å². The number of aliphatic hydroxyl groups is 1. The fraction of sp³-hybridized carbons (Fsp3) is 0.350. The van der Waals surface area contributed by atoms with Gasteiger partial charge in [0, 0.05) is 18.7 Å². The monoisotopic (exact) mass is 327 g/mol. The summed E-state index contributed by atoms with van der Waals surface area (Å²) in [6.45, 7) is 5.07. The predicted molar refractivity (Wildman–Crippen MR) is 95.5 cm³/mol. The number of Topliss-reactive ketones (excluding diaryl/α,β-unsaturated/α-hetero) is 1. The second-order valence-corrected chi connectivity index (χ2v) is 6.23. The summed E-state index contributed by atoms with van der Waals surface area (Å²) in [7, 11) is 1.97. The Morgan fingerprint density at radius 1 is 1.21 bits per heavy atom. The van der Waals surface area contributed by atoms with Gasteiger partial charge in [-0.15, -0.1) is 0 Å². The van der Waals surface area contributed by atoms with Crippen molar-refractivity contribution in [1.29, 1.82) is 0 Å². The van der Waals surface area contributed by atoms with Gasteiger partial charge < -0.3 is 9.84 Å². The molecule has 0 fully saturated rings. The Kier molecular flexibility index (Phi) is 6.53. The van der Waals surface area contributed by atoms with Gasteiger partial charge in [0.05, 0.1) is 0 Å². The van der Waals surface area contributed by atoms with Crippen LogP contribution in [0.25, 0.3) is 0 Å². The van der Waals surface area contributed by atoms with Crippen LogP contribution >= 0.6 is 0 Å². The first-order valence-electron chi connectivity index (χ1n) is 8.10. The van der Waals surface area contributed by atoms with Crippen molar-refractivity contribution in [3.63, 3.8) is 0 Å². The lowest BCUT2D eigenvalue weighted by Crippen LogP contribution is -2.32. The second kappa shape index (κ2) is 8.62. The molecule has 128 valence electrons. The number of carbonyl (C=O) groups is 1. The molecule has 0 heterocycles.